The molecule has 0 spiro atoms. The Bertz CT molecular complexity index is 1420. The van der Waals surface area contributed by atoms with Crippen molar-refractivity contribution in [2.75, 3.05) is 51.4 Å². The van der Waals surface area contributed by atoms with Crippen LogP contribution in [0.25, 0.3) is 33.4 Å². The first-order chi connectivity index (χ1) is 18.1. The van der Waals surface area contributed by atoms with Crippen LogP contribution < -0.4 is 9.64 Å². The molecular formula is C28H30FN5O3. The van der Waals surface area contributed by atoms with Crippen LogP contribution in [-0.4, -0.2) is 77.7 Å². The number of ether oxygens (including phenoxy) is 2. The number of nitrogens with zero attached hydrogens (tertiary/aromatic N) is 4. The Labute approximate surface area is 214 Å². The van der Waals surface area contributed by atoms with Gasteiger partial charge in [-0.1, -0.05) is 18.2 Å². The average molecular weight is 504 g/mol. The molecule has 2 aliphatic rings. The van der Waals surface area contributed by atoms with Gasteiger partial charge in [-0.3, -0.25) is 15.0 Å². The monoisotopic (exact) mass is 503 g/mol. The topological polar surface area (TPSA) is 86.7 Å². The number of aliphatic hydroxyl groups excluding tert-OH is 1. The Morgan fingerprint density at radius 2 is 2.08 bits per heavy atom. The van der Waals surface area contributed by atoms with E-state index in [-0.39, 0.29) is 25.1 Å². The molecule has 0 saturated carbocycles. The number of anilines is 1. The summed E-state index contributed by atoms with van der Waals surface area (Å²) in [6, 6.07) is 13.1. The van der Waals surface area contributed by atoms with Gasteiger partial charge in [-0.05, 0) is 36.9 Å². The molecule has 4 heterocycles. The highest BCUT2D eigenvalue weighted by atomic mass is 19.1. The number of piperazine rings is 1. The molecule has 2 N–H and O–H groups in total. The molecule has 0 unspecified atom stereocenters. The number of benzene rings is 2. The van der Waals surface area contributed by atoms with Gasteiger partial charge in [-0.2, -0.15) is 5.10 Å². The molecule has 0 aliphatic carbocycles. The maximum absolute atomic E-state index is 15.0. The smallest absolute Gasteiger partial charge is 0.143 e. The second-order valence-electron chi connectivity index (χ2n) is 9.66. The highest BCUT2D eigenvalue weighted by molar-refractivity contribution is 5.95. The summed E-state index contributed by atoms with van der Waals surface area (Å²) in [6.07, 6.45) is 2.39. The van der Waals surface area contributed by atoms with E-state index in [4.69, 9.17) is 9.47 Å². The molecule has 192 valence electrons. The van der Waals surface area contributed by atoms with Gasteiger partial charge in [0.15, 0.2) is 0 Å². The SMILES string of the molecule is CN1CCN(c2ccc3cc2OCCCOCc2cccc(F)c2-c2cc4c-3n[nH]c4cn2)C[C@@H]1CO. The zero-order valence-corrected chi connectivity index (χ0v) is 20.8. The third kappa shape index (κ3) is 4.54. The molecular weight excluding hydrogens is 473 g/mol. The molecule has 4 bridgehead atoms. The van der Waals surface area contributed by atoms with Crippen LogP contribution in [-0.2, 0) is 11.3 Å². The zero-order chi connectivity index (χ0) is 25.4. The number of pyridine rings is 1. The van der Waals surface area contributed by atoms with Crippen molar-refractivity contribution in [3.05, 3.63) is 60.0 Å². The van der Waals surface area contributed by atoms with Crippen LogP contribution in [0.4, 0.5) is 10.1 Å². The predicted molar refractivity (Wildman–Crippen MR) is 140 cm³/mol. The number of halogens is 1. The van der Waals surface area contributed by atoms with Crippen molar-refractivity contribution in [1.82, 2.24) is 20.1 Å². The number of nitrogens with one attached hydrogen (secondary N) is 1. The summed E-state index contributed by atoms with van der Waals surface area (Å²) in [7, 11) is 2.04. The lowest BCUT2D eigenvalue weighted by molar-refractivity contribution is 0.107. The summed E-state index contributed by atoms with van der Waals surface area (Å²) < 4.78 is 27.2. The van der Waals surface area contributed by atoms with Gasteiger partial charge in [0.25, 0.3) is 0 Å². The summed E-state index contributed by atoms with van der Waals surface area (Å²) in [5, 5.41) is 18.3. The van der Waals surface area contributed by atoms with E-state index in [1.165, 1.54) is 6.07 Å². The first-order valence-electron chi connectivity index (χ1n) is 12.7. The van der Waals surface area contributed by atoms with Gasteiger partial charge in [-0.15, -0.1) is 0 Å². The second kappa shape index (κ2) is 10.1. The van der Waals surface area contributed by atoms with Gasteiger partial charge in [0.05, 0.1) is 55.6 Å². The van der Waals surface area contributed by atoms with E-state index >= 15 is 4.39 Å². The number of fused-ring (bicyclic) bond motifs is 6. The van der Waals surface area contributed by atoms with Crippen LogP contribution in [0.15, 0.2) is 48.7 Å². The van der Waals surface area contributed by atoms with Crippen molar-refractivity contribution in [3.8, 4) is 28.3 Å². The Balaban J connectivity index is 1.45. The average Bonchev–Trinajstić information content (AvgIpc) is 3.34. The summed E-state index contributed by atoms with van der Waals surface area (Å²) in [5.41, 5.74) is 5.17. The van der Waals surface area contributed by atoms with Crippen molar-refractivity contribution < 1.29 is 19.0 Å². The molecule has 0 radical (unpaired) electrons. The van der Waals surface area contributed by atoms with Crippen molar-refractivity contribution in [2.45, 2.75) is 19.1 Å². The van der Waals surface area contributed by atoms with E-state index in [0.717, 1.165) is 58.8 Å². The summed E-state index contributed by atoms with van der Waals surface area (Å²) >= 11 is 0. The van der Waals surface area contributed by atoms with Crippen molar-refractivity contribution in [1.29, 1.82) is 0 Å². The quantitative estimate of drug-likeness (QED) is 0.430. The minimum Gasteiger partial charge on any atom is -0.491 e. The highest BCUT2D eigenvalue weighted by Gasteiger charge is 2.26. The Morgan fingerprint density at radius 1 is 1.16 bits per heavy atom. The molecule has 2 aromatic carbocycles. The van der Waals surface area contributed by atoms with Gasteiger partial charge in [0.2, 0.25) is 0 Å². The number of hydrogen-bond acceptors (Lipinski definition) is 7. The zero-order valence-electron chi connectivity index (χ0n) is 20.8. The Morgan fingerprint density at radius 3 is 2.97 bits per heavy atom. The van der Waals surface area contributed by atoms with Gasteiger partial charge >= 0.3 is 0 Å². The summed E-state index contributed by atoms with van der Waals surface area (Å²) in [6.45, 7) is 3.78. The molecule has 4 aromatic rings. The highest BCUT2D eigenvalue weighted by Crippen LogP contribution is 2.37. The molecule has 0 amide bonds. The van der Waals surface area contributed by atoms with Crippen molar-refractivity contribution in [2.24, 2.45) is 0 Å². The molecule has 1 fully saturated rings. The summed E-state index contributed by atoms with van der Waals surface area (Å²) in [4.78, 5) is 9.00. The van der Waals surface area contributed by atoms with Crippen LogP contribution in [0.1, 0.15) is 12.0 Å². The number of aliphatic hydroxyl groups is 1. The Hall–Kier alpha value is -3.53. The molecule has 6 rings (SSSR count). The first-order valence-corrected chi connectivity index (χ1v) is 12.7. The predicted octanol–water partition coefficient (Wildman–Crippen LogP) is 3.84. The number of H-pyrrole nitrogens is 1. The third-order valence-corrected chi connectivity index (χ3v) is 7.31. The van der Waals surface area contributed by atoms with E-state index < -0.39 is 0 Å². The molecule has 1 atom stereocenters. The van der Waals surface area contributed by atoms with Gasteiger partial charge in [0.1, 0.15) is 17.3 Å². The lowest BCUT2D eigenvalue weighted by atomic mass is 10.0. The molecule has 2 aliphatic heterocycles. The van der Waals surface area contributed by atoms with Gasteiger partial charge in [0, 0.05) is 42.6 Å². The van der Waals surface area contributed by atoms with E-state index in [2.05, 4.69) is 31.0 Å². The minimum atomic E-state index is -0.328. The normalized spacial score (nSPS) is 18.8. The number of rotatable bonds is 2. The van der Waals surface area contributed by atoms with Crippen molar-refractivity contribution in [3.63, 3.8) is 0 Å². The van der Waals surface area contributed by atoms with Crippen LogP contribution in [0, 0.1) is 5.82 Å². The molecule has 1 saturated heterocycles. The first kappa shape index (κ1) is 23.8. The lowest BCUT2D eigenvalue weighted by Gasteiger charge is -2.40. The number of aromatic nitrogens is 3. The van der Waals surface area contributed by atoms with Crippen LogP contribution >= 0.6 is 0 Å². The molecule has 9 heteroatoms. The van der Waals surface area contributed by atoms with E-state index in [1.807, 2.05) is 31.3 Å². The van der Waals surface area contributed by atoms with Crippen molar-refractivity contribution >= 4 is 16.6 Å². The van der Waals surface area contributed by atoms with Crippen LogP contribution in [0.2, 0.25) is 0 Å². The van der Waals surface area contributed by atoms with Crippen LogP contribution in [0.3, 0.4) is 0 Å². The maximum atomic E-state index is 15.0. The summed E-state index contributed by atoms with van der Waals surface area (Å²) in [5.74, 6) is 0.444. The number of hydrogen-bond donors (Lipinski definition) is 2. The Kier molecular flexibility index (Phi) is 6.50. The van der Waals surface area contributed by atoms with E-state index in [1.54, 1.807) is 12.3 Å². The fourth-order valence-electron chi connectivity index (χ4n) is 5.17. The third-order valence-electron chi connectivity index (χ3n) is 7.31. The van der Waals surface area contributed by atoms with Gasteiger partial charge < -0.3 is 19.5 Å². The fourth-order valence-corrected chi connectivity index (χ4v) is 5.17. The van der Waals surface area contributed by atoms with E-state index in [9.17, 15) is 5.11 Å². The lowest BCUT2D eigenvalue weighted by Crippen LogP contribution is -2.53. The molecule has 8 nitrogen and oxygen atoms in total. The van der Waals surface area contributed by atoms with E-state index in [0.29, 0.717) is 30.9 Å². The maximum Gasteiger partial charge on any atom is 0.143 e. The molecule has 37 heavy (non-hydrogen) atoms. The van der Waals surface area contributed by atoms with Gasteiger partial charge in [-0.25, -0.2) is 4.39 Å². The van der Waals surface area contributed by atoms with Crippen LogP contribution in [0.5, 0.6) is 5.75 Å². The number of aromatic amines is 1. The number of likely N-dealkylation sites (N-methyl/N-ethyl adjacent to an activating group) is 1. The standard InChI is InChI=1S/C28H30FN5O3/c1-33-8-9-34(15-20(33)16-35)25-7-6-18-12-26(25)37-11-3-10-36-17-19-4-2-5-22(29)27(19)23-13-21-24(14-30-23)31-32-28(18)21/h2,4-7,12-14,20,35H,3,8-11,15-17H2,1H3,(H,31,32)/t20-/m1/s1. The fraction of sp³-hybridized carbons (Fsp3) is 0.357. The molecule has 2 aromatic heterocycles. The minimum absolute atomic E-state index is 0.0690. The second-order valence-corrected chi connectivity index (χ2v) is 9.66. The largest absolute Gasteiger partial charge is 0.491 e.